The molecule has 0 spiro atoms. The highest BCUT2D eigenvalue weighted by Crippen LogP contribution is 2.38. The van der Waals surface area contributed by atoms with E-state index in [4.69, 9.17) is 31.4 Å². The molecule has 0 fully saturated rings. The summed E-state index contributed by atoms with van der Waals surface area (Å²) < 4.78 is 15.9. The van der Waals surface area contributed by atoms with Crippen LogP contribution in [-0.4, -0.2) is 27.5 Å². The molecule has 1 aromatic rings. The van der Waals surface area contributed by atoms with E-state index in [1.165, 1.54) is 6.21 Å². The zero-order valence-electron chi connectivity index (χ0n) is 13.1. The fraction of sp³-hybridized carbons (Fsp3) is 0.267. The van der Waals surface area contributed by atoms with Crippen LogP contribution < -0.4 is 31.4 Å². The first-order valence-electron chi connectivity index (χ1n) is 6.44. The highest BCUT2D eigenvalue weighted by molar-refractivity contribution is 5.81. The zero-order chi connectivity index (χ0) is 16.7. The minimum absolute atomic E-state index is 0.152. The van der Waals surface area contributed by atoms with Crippen LogP contribution in [0.25, 0.3) is 0 Å². The van der Waals surface area contributed by atoms with Gasteiger partial charge in [-0.05, 0) is 17.7 Å². The quantitative estimate of drug-likeness (QED) is 0.644. The van der Waals surface area contributed by atoms with E-state index in [-0.39, 0.29) is 11.6 Å². The Bertz CT molecular complexity index is 580. The molecule has 0 saturated carbocycles. The molecule has 0 amide bonds. The second-order valence-electron chi connectivity index (χ2n) is 4.44. The molecule has 1 aromatic carbocycles. The lowest BCUT2D eigenvalue weighted by Gasteiger charge is -2.14. The maximum Gasteiger partial charge on any atom is 0.203 e. The molecule has 22 heavy (non-hydrogen) atoms. The Hall–Kier alpha value is -2.83. The van der Waals surface area contributed by atoms with E-state index in [1.807, 2.05) is 12.1 Å². The molecule has 0 aliphatic heterocycles. The van der Waals surface area contributed by atoms with E-state index in [0.29, 0.717) is 29.2 Å². The third kappa shape index (κ3) is 4.34. The van der Waals surface area contributed by atoms with Crippen LogP contribution in [0.5, 0.6) is 17.2 Å². The Morgan fingerprint density at radius 2 is 1.64 bits per heavy atom. The Morgan fingerprint density at radius 3 is 2.00 bits per heavy atom. The number of hydrogen-bond acceptors (Lipinski definition) is 7. The van der Waals surface area contributed by atoms with Crippen molar-refractivity contribution in [1.82, 2.24) is 0 Å². The first-order chi connectivity index (χ1) is 10.4. The van der Waals surface area contributed by atoms with Crippen LogP contribution in [0.4, 0.5) is 0 Å². The van der Waals surface area contributed by atoms with Gasteiger partial charge in [0.25, 0.3) is 0 Å². The summed E-state index contributed by atoms with van der Waals surface area (Å²) in [6.45, 7) is 3.49. The van der Waals surface area contributed by atoms with Gasteiger partial charge in [0, 0.05) is 18.2 Å². The van der Waals surface area contributed by atoms with Crippen molar-refractivity contribution >= 4 is 6.21 Å². The lowest BCUT2D eigenvalue weighted by Crippen LogP contribution is -2.14. The lowest BCUT2D eigenvalue weighted by atomic mass is 10.0. The molecule has 0 bridgehead atoms. The third-order valence-electron chi connectivity index (χ3n) is 2.88. The zero-order valence-corrected chi connectivity index (χ0v) is 13.1. The number of rotatable bonds is 7. The van der Waals surface area contributed by atoms with E-state index in [0.717, 1.165) is 5.56 Å². The number of hydrogen-bond donors (Lipinski definition) is 3. The average molecular weight is 306 g/mol. The molecule has 0 aliphatic carbocycles. The molecular formula is C15H22N4O3. The summed E-state index contributed by atoms with van der Waals surface area (Å²) in [4.78, 5) is 3.91. The average Bonchev–Trinajstić information content (AvgIpc) is 2.49. The predicted molar refractivity (Wildman–Crippen MR) is 87.0 cm³/mol. The summed E-state index contributed by atoms with van der Waals surface area (Å²) >= 11 is 0. The summed E-state index contributed by atoms with van der Waals surface area (Å²) in [6, 6.07) is 3.63. The van der Waals surface area contributed by atoms with Gasteiger partial charge in [0.1, 0.15) is 5.82 Å². The molecule has 0 radical (unpaired) electrons. The number of nitrogens with two attached hydrogens (primary N) is 3. The number of allylic oxidation sites excluding steroid dienone is 1. The van der Waals surface area contributed by atoms with Crippen molar-refractivity contribution in [3.05, 3.63) is 41.5 Å². The lowest BCUT2D eigenvalue weighted by molar-refractivity contribution is 0.324. The summed E-state index contributed by atoms with van der Waals surface area (Å²) in [7, 11) is 4.65. The fourth-order valence-corrected chi connectivity index (χ4v) is 1.84. The van der Waals surface area contributed by atoms with Gasteiger partial charge in [0.05, 0.1) is 27.2 Å². The van der Waals surface area contributed by atoms with Crippen molar-refractivity contribution < 1.29 is 14.2 Å². The van der Waals surface area contributed by atoms with Crippen LogP contribution >= 0.6 is 0 Å². The number of nitrogens with zero attached hydrogens (tertiary/aromatic N) is 1. The molecule has 7 nitrogen and oxygen atoms in total. The van der Waals surface area contributed by atoms with Crippen molar-refractivity contribution in [1.29, 1.82) is 0 Å². The van der Waals surface area contributed by atoms with Gasteiger partial charge in [0.15, 0.2) is 11.5 Å². The second-order valence-corrected chi connectivity index (χ2v) is 4.44. The van der Waals surface area contributed by atoms with Crippen molar-refractivity contribution in [3.63, 3.8) is 0 Å². The molecule has 0 unspecified atom stereocenters. The molecule has 7 heteroatoms. The van der Waals surface area contributed by atoms with Crippen molar-refractivity contribution in [2.75, 3.05) is 21.3 Å². The van der Waals surface area contributed by atoms with Crippen LogP contribution in [0.15, 0.2) is 40.9 Å². The first kappa shape index (κ1) is 17.2. The molecule has 0 atom stereocenters. The van der Waals surface area contributed by atoms with Gasteiger partial charge in [-0.1, -0.05) is 6.58 Å². The fourth-order valence-electron chi connectivity index (χ4n) is 1.84. The minimum Gasteiger partial charge on any atom is -0.493 e. The molecule has 120 valence electrons. The van der Waals surface area contributed by atoms with Crippen LogP contribution in [0.1, 0.15) is 5.56 Å². The Kier molecular flexibility index (Phi) is 6.12. The van der Waals surface area contributed by atoms with E-state index in [2.05, 4.69) is 11.6 Å². The van der Waals surface area contributed by atoms with E-state index in [1.54, 1.807) is 21.3 Å². The first-order valence-corrected chi connectivity index (χ1v) is 6.44. The molecule has 0 saturated heterocycles. The highest BCUT2D eigenvalue weighted by atomic mass is 16.5. The van der Waals surface area contributed by atoms with Crippen LogP contribution in [-0.2, 0) is 6.42 Å². The molecule has 6 N–H and O–H groups in total. The van der Waals surface area contributed by atoms with Gasteiger partial charge < -0.3 is 31.4 Å². The second kappa shape index (κ2) is 7.82. The Labute approximate surface area is 130 Å². The molecule has 0 aromatic heterocycles. The number of methoxy groups -OCH3 is 3. The number of aliphatic imine (C=N–C) groups is 1. The smallest absolute Gasteiger partial charge is 0.203 e. The molecule has 0 heterocycles. The topological polar surface area (TPSA) is 118 Å². The molecule has 0 aliphatic rings. The van der Waals surface area contributed by atoms with Crippen molar-refractivity contribution in [2.24, 2.45) is 22.2 Å². The molecule has 1 rings (SSSR count). The van der Waals surface area contributed by atoms with Gasteiger partial charge in [-0.2, -0.15) is 0 Å². The Balaban J connectivity index is 3.21. The summed E-state index contributed by atoms with van der Waals surface area (Å²) in [5.41, 5.74) is 18.2. The highest BCUT2D eigenvalue weighted by Gasteiger charge is 2.14. The summed E-state index contributed by atoms with van der Waals surface area (Å²) in [5, 5.41) is 0. The van der Waals surface area contributed by atoms with Crippen LogP contribution in [0, 0.1) is 0 Å². The van der Waals surface area contributed by atoms with Crippen molar-refractivity contribution in [3.8, 4) is 17.2 Å². The largest absolute Gasteiger partial charge is 0.493 e. The normalized spacial score (nSPS) is 10.3. The monoisotopic (exact) mass is 306 g/mol. The van der Waals surface area contributed by atoms with Gasteiger partial charge >= 0.3 is 0 Å². The maximum atomic E-state index is 5.68. The van der Waals surface area contributed by atoms with Crippen LogP contribution in [0.3, 0.4) is 0 Å². The van der Waals surface area contributed by atoms with E-state index in [9.17, 15) is 0 Å². The van der Waals surface area contributed by atoms with Gasteiger partial charge in [-0.3, -0.25) is 0 Å². The summed E-state index contributed by atoms with van der Waals surface area (Å²) in [6.07, 6.45) is 1.91. The van der Waals surface area contributed by atoms with Crippen molar-refractivity contribution in [2.45, 2.75) is 6.42 Å². The molecular weight excluding hydrogens is 284 g/mol. The third-order valence-corrected chi connectivity index (χ3v) is 2.88. The van der Waals surface area contributed by atoms with Gasteiger partial charge in [-0.15, -0.1) is 0 Å². The van der Waals surface area contributed by atoms with E-state index >= 15 is 0 Å². The summed E-state index contributed by atoms with van der Waals surface area (Å²) in [5.74, 6) is 1.94. The van der Waals surface area contributed by atoms with E-state index < -0.39 is 0 Å². The number of ether oxygens (including phenoxy) is 3. The van der Waals surface area contributed by atoms with Gasteiger partial charge in [-0.25, -0.2) is 4.99 Å². The van der Waals surface area contributed by atoms with Gasteiger partial charge in [0.2, 0.25) is 5.75 Å². The SMILES string of the molecule is C=C(N)/N=C\C(Cc1cc(OC)c(OC)c(OC)c1)=C(N)N. The van der Waals surface area contributed by atoms with Crippen LogP contribution in [0.2, 0.25) is 0 Å². The Morgan fingerprint density at radius 1 is 1.09 bits per heavy atom. The number of benzene rings is 1. The standard InChI is InChI=1S/C15H22N4O3/c1-9(16)19-8-11(15(17)18)5-10-6-12(20-2)14(22-4)13(7-10)21-3/h6-8H,1,5,16-18H2,2-4H3/b19-8-. The predicted octanol–water partition coefficient (Wildman–Crippen LogP) is 0.885. The maximum absolute atomic E-state index is 5.68. The minimum atomic E-state index is 0.152.